The van der Waals surface area contributed by atoms with Gasteiger partial charge in [0.05, 0.1) is 6.54 Å². The third-order valence-electron chi connectivity index (χ3n) is 1.99. The number of ether oxygens (including phenoxy) is 1. The summed E-state index contributed by atoms with van der Waals surface area (Å²) in [5, 5.41) is 5.22. The minimum absolute atomic E-state index is 0.00505. The third-order valence-corrected chi connectivity index (χ3v) is 1.99. The molecule has 0 bridgehead atoms. The third kappa shape index (κ3) is 33.2. The summed E-state index contributed by atoms with van der Waals surface area (Å²) in [6, 6.07) is 0. The second kappa shape index (κ2) is 20.2. The average molecular weight is 328 g/mol. The van der Waals surface area contributed by atoms with E-state index in [9.17, 15) is 9.59 Å². The number of amides is 1. The van der Waals surface area contributed by atoms with Gasteiger partial charge in [-0.05, 0) is 53.2 Å². The van der Waals surface area contributed by atoms with E-state index in [2.05, 4.69) is 35.8 Å². The Hall–Kier alpha value is -1.78. The summed E-state index contributed by atoms with van der Waals surface area (Å²) in [5.74, 6) is 0. The second-order valence-electron chi connectivity index (χ2n) is 5.24. The lowest BCUT2D eigenvalue weighted by Crippen LogP contribution is -2.33. The summed E-state index contributed by atoms with van der Waals surface area (Å²) in [5.41, 5.74) is -0.507. The van der Waals surface area contributed by atoms with Crippen molar-refractivity contribution in [3.63, 3.8) is 0 Å². The summed E-state index contributed by atoms with van der Waals surface area (Å²) in [4.78, 5) is 20.5. The Morgan fingerprint density at radius 1 is 1.13 bits per heavy atom. The molecule has 0 heterocycles. The highest BCUT2D eigenvalue weighted by molar-refractivity contribution is 5.71. The van der Waals surface area contributed by atoms with Gasteiger partial charge in [0.15, 0.2) is 0 Å². The normalized spacial score (nSPS) is 10.2. The number of unbranched alkanes of at least 4 members (excludes halogenated alkanes) is 2. The monoisotopic (exact) mass is 328 g/mol. The molecule has 0 radical (unpaired) electrons. The smallest absolute Gasteiger partial charge is 0.408 e. The fraction of sp³-hybridized carbons (Fsp3) is 0.667. The van der Waals surface area contributed by atoms with Gasteiger partial charge in [-0.1, -0.05) is 32.1 Å². The fourth-order valence-electron chi connectivity index (χ4n) is 1.16. The van der Waals surface area contributed by atoms with Crippen LogP contribution in [-0.4, -0.2) is 31.6 Å². The van der Waals surface area contributed by atoms with Crippen molar-refractivity contribution < 1.29 is 14.3 Å². The van der Waals surface area contributed by atoms with Gasteiger partial charge in [-0.2, -0.15) is 0 Å². The van der Waals surface area contributed by atoms with Crippen molar-refractivity contribution in [1.82, 2.24) is 10.6 Å². The Kier molecular flexibility index (Phi) is 23.0. The molecule has 0 rings (SSSR count). The number of carbonyl (C=O) groups excluding carboxylic acids is 2. The summed E-state index contributed by atoms with van der Waals surface area (Å²) >= 11 is 0. The lowest BCUT2D eigenvalue weighted by atomic mass is 10.2. The standard InChI is InChI=1S/C9H17N.C7H13NO3.C2H6/c1-3-4-5-6-7-8-9-10-2;1-7(2,3)11-6(10)8-4-5-9;1-2/h3-4,8-10H,5-7H2,1-2H3;5H,4H2,1-3H3,(H,8,10);1-2H3/b4-3-,9-8-;;. The number of allylic oxidation sites excluding steroid dienone is 3. The first-order chi connectivity index (χ1) is 10.9. The molecule has 0 fully saturated rings. The molecular formula is C18H36N2O3. The largest absolute Gasteiger partial charge is 0.444 e. The second-order valence-corrected chi connectivity index (χ2v) is 5.24. The Morgan fingerprint density at radius 2 is 1.70 bits per heavy atom. The van der Waals surface area contributed by atoms with E-state index in [4.69, 9.17) is 4.74 Å². The van der Waals surface area contributed by atoms with Gasteiger partial charge in [-0.3, -0.25) is 0 Å². The highest BCUT2D eigenvalue weighted by atomic mass is 16.6. The van der Waals surface area contributed by atoms with Crippen LogP contribution in [0.2, 0.25) is 0 Å². The predicted octanol–water partition coefficient (Wildman–Crippen LogP) is 4.20. The number of hydrogen-bond acceptors (Lipinski definition) is 4. The first-order valence-electron chi connectivity index (χ1n) is 8.21. The Labute approximate surface area is 142 Å². The van der Waals surface area contributed by atoms with Crippen LogP contribution in [0.4, 0.5) is 4.79 Å². The van der Waals surface area contributed by atoms with Gasteiger partial charge in [0, 0.05) is 7.05 Å². The van der Waals surface area contributed by atoms with Gasteiger partial charge in [-0.25, -0.2) is 4.79 Å². The highest BCUT2D eigenvalue weighted by Gasteiger charge is 2.14. The van der Waals surface area contributed by atoms with Gasteiger partial charge >= 0.3 is 6.09 Å². The van der Waals surface area contributed by atoms with Crippen LogP contribution < -0.4 is 10.6 Å². The molecule has 0 aromatic carbocycles. The summed E-state index contributed by atoms with van der Waals surface area (Å²) < 4.78 is 4.83. The topological polar surface area (TPSA) is 67.4 Å². The van der Waals surface area contributed by atoms with Crippen molar-refractivity contribution in [3.05, 3.63) is 24.4 Å². The number of hydrogen-bond donors (Lipinski definition) is 2. The number of rotatable bonds is 7. The van der Waals surface area contributed by atoms with Crippen LogP contribution in [0.3, 0.4) is 0 Å². The van der Waals surface area contributed by atoms with Crippen molar-refractivity contribution in [2.45, 2.75) is 66.4 Å². The minimum atomic E-state index is -0.565. The van der Waals surface area contributed by atoms with Crippen molar-refractivity contribution >= 4 is 12.4 Å². The zero-order valence-electron chi connectivity index (χ0n) is 15.9. The Balaban J connectivity index is -0.000000315. The van der Waals surface area contributed by atoms with Crippen LogP contribution in [0.15, 0.2) is 24.4 Å². The SMILES string of the molecule is C/C=C\CCC/C=C\NC.CC.CC(C)(C)OC(=O)NCC=O. The lowest BCUT2D eigenvalue weighted by molar-refractivity contribution is -0.107. The van der Waals surface area contributed by atoms with Crippen LogP contribution in [0.1, 0.15) is 60.8 Å². The van der Waals surface area contributed by atoms with Crippen LogP contribution >= 0.6 is 0 Å². The first kappa shape index (κ1) is 26.1. The molecular weight excluding hydrogens is 292 g/mol. The summed E-state index contributed by atoms with van der Waals surface area (Å²) in [7, 11) is 1.92. The van der Waals surface area contributed by atoms with E-state index in [0.29, 0.717) is 6.29 Å². The molecule has 5 heteroatoms. The zero-order valence-corrected chi connectivity index (χ0v) is 15.9. The molecule has 0 saturated heterocycles. The van der Waals surface area contributed by atoms with Crippen molar-refractivity contribution in [2.24, 2.45) is 0 Å². The Morgan fingerprint density at radius 3 is 2.13 bits per heavy atom. The number of aldehydes is 1. The number of carbonyl (C=O) groups is 2. The molecule has 0 aromatic rings. The molecule has 1 amide bonds. The van der Waals surface area contributed by atoms with Crippen LogP contribution in [-0.2, 0) is 9.53 Å². The molecule has 0 spiro atoms. The van der Waals surface area contributed by atoms with E-state index in [1.165, 1.54) is 19.3 Å². The minimum Gasteiger partial charge on any atom is -0.444 e. The molecule has 136 valence electrons. The molecule has 0 aliphatic rings. The predicted molar refractivity (Wildman–Crippen MR) is 98.5 cm³/mol. The lowest BCUT2D eigenvalue weighted by Gasteiger charge is -2.18. The maximum Gasteiger partial charge on any atom is 0.408 e. The van der Waals surface area contributed by atoms with Crippen molar-refractivity contribution in [2.75, 3.05) is 13.6 Å². The molecule has 0 atom stereocenters. The van der Waals surface area contributed by atoms with Crippen LogP contribution in [0.25, 0.3) is 0 Å². The Bertz CT molecular complexity index is 319. The quantitative estimate of drug-likeness (QED) is 0.417. The molecule has 5 nitrogen and oxygen atoms in total. The van der Waals surface area contributed by atoms with E-state index >= 15 is 0 Å². The van der Waals surface area contributed by atoms with Crippen LogP contribution in [0, 0.1) is 0 Å². The number of nitrogens with one attached hydrogen (secondary N) is 2. The van der Waals surface area contributed by atoms with Gasteiger partial charge in [0.1, 0.15) is 11.9 Å². The molecule has 0 aliphatic heterocycles. The summed E-state index contributed by atoms with van der Waals surface area (Å²) in [6.07, 6.45) is 12.1. The molecule has 2 N–H and O–H groups in total. The van der Waals surface area contributed by atoms with Gasteiger partial charge in [0.2, 0.25) is 0 Å². The maximum absolute atomic E-state index is 10.7. The molecule has 0 unspecified atom stereocenters. The van der Waals surface area contributed by atoms with Crippen molar-refractivity contribution in [1.29, 1.82) is 0 Å². The molecule has 0 aliphatic carbocycles. The number of alkyl carbamates (subject to hydrolysis) is 1. The van der Waals surface area contributed by atoms with E-state index in [1.807, 2.05) is 27.1 Å². The van der Waals surface area contributed by atoms with E-state index in [1.54, 1.807) is 20.8 Å². The van der Waals surface area contributed by atoms with E-state index in [0.717, 1.165) is 0 Å². The zero-order chi connectivity index (χ0) is 18.6. The molecule has 23 heavy (non-hydrogen) atoms. The van der Waals surface area contributed by atoms with E-state index < -0.39 is 11.7 Å². The molecule has 0 aromatic heterocycles. The van der Waals surface area contributed by atoms with E-state index in [-0.39, 0.29) is 6.54 Å². The maximum atomic E-state index is 10.7. The highest BCUT2D eigenvalue weighted by Crippen LogP contribution is 2.05. The summed E-state index contributed by atoms with van der Waals surface area (Å²) in [6.45, 7) is 11.3. The average Bonchev–Trinajstić information content (AvgIpc) is 2.50. The van der Waals surface area contributed by atoms with Gasteiger partial charge in [0.25, 0.3) is 0 Å². The van der Waals surface area contributed by atoms with Crippen molar-refractivity contribution in [3.8, 4) is 0 Å². The first-order valence-corrected chi connectivity index (χ1v) is 8.21. The van der Waals surface area contributed by atoms with Crippen LogP contribution in [0.5, 0.6) is 0 Å². The van der Waals surface area contributed by atoms with Gasteiger partial charge < -0.3 is 20.2 Å². The van der Waals surface area contributed by atoms with Gasteiger partial charge in [-0.15, -0.1) is 0 Å². The fourth-order valence-corrected chi connectivity index (χ4v) is 1.16. The molecule has 0 saturated carbocycles.